The van der Waals surface area contributed by atoms with Crippen molar-refractivity contribution in [3.8, 4) is 22.6 Å². The molecule has 3 aromatic rings. The Morgan fingerprint density at radius 2 is 1.50 bits per heavy atom. The summed E-state index contributed by atoms with van der Waals surface area (Å²) in [6.45, 7) is 3.97. The summed E-state index contributed by atoms with van der Waals surface area (Å²) in [6, 6.07) is 19.6. The first kappa shape index (κ1) is 34.8. The monoisotopic (exact) mass is 624 g/mol. The normalized spacial score (nSPS) is 11.7. The van der Waals surface area contributed by atoms with Crippen LogP contribution in [0.5, 0.6) is 11.5 Å². The second-order valence-corrected chi connectivity index (χ2v) is 12.0. The van der Waals surface area contributed by atoms with E-state index in [1.54, 1.807) is 6.26 Å². The van der Waals surface area contributed by atoms with E-state index in [0.29, 0.717) is 38.4 Å². The van der Waals surface area contributed by atoms with Crippen molar-refractivity contribution in [3.63, 3.8) is 0 Å². The minimum atomic E-state index is -1.02. The van der Waals surface area contributed by atoms with E-state index in [1.807, 2.05) is 61.5 Å². The molecule has 44 heavy (non-hydrogen) atoms. The fourth-order valence-electron chi connectivity index (χ4n) is 4.92. The minimum Gasteiger partial charge on any atom is -0.494 e. The molecule has 0 radical (unpaired) electrons. The van der Waals surface area contributed by atoms with Gasteiger partial charge < -0.3 is 24.4 Å². The summed E-state index contributed by atoms with van der Waals surface area (Å²) >= 11 is 0. The predicted molar refractivity (Wildman–Crippen MR) is 172 cm³/mol. The van der Waals surface area contributed by atoms with Gasteiger partial charge in [-0.25, -0.2) is 0 Å². The molecule has 2 N–H and O–H groups in total. The fraction of sp³-hybridized carbons (Fsp3) is 0.429. The number of unbranched alkanes of at least 4 members (excludes halogenated alkanes) is 3. The first-order valence-corrected chi connectivity index (χ1v) is 16.8. The number of carboxylic acid groups (broad SMARTS) is 2. The molecule has 8 nitrogen and oxygen atoms in total. The number of carbonyl (C=O) groups is 2. The lowest BCUT2D eigenvalue weighted by atomic mass is 9.97. The highest BCUT2D eigenvalue weighted by Crippen LogP contribution is 2.29. The minimum absolute atomic E-state index is 0.0122. The van der Waals surface area contributed by atoms with Gasteiger partial charge in [0.15, 0.2) is 0 Å². The van der Waals surface area contributed by atoms with Gasteiger partial charge in [0.2, 0.25) is 0 Å². The molecule has 0 saturated carbocycles. The molecule has 238 valence electrons. The van der Waals surface area contributed by atoms with E-state index in [1.165, 1.54) is 0 Å². The van der Waals surface area contributed by atoms with Crippen LogP contribution in [0.1, 0.15) is 68.6 Å². The topological polar surface area (TPSA) is 119 Å². The second-order valence-electron chi connectivity index (χ2n) is 10.6. The summed E-state index contributed by atoms with van der Waals surface area (Å²) in [5.74, 6) is -0.287. The van der Waals surface area contributed by atoms with Gasteiger partial charge in [0.05, 0.1) is 19.8 Å². The molecule has 0 amide bonds. The van der Waals surface area contributed by atoms with Crippen LogP contribution >= 0.6 is 0 Å². The molecule has 9 heteroatoms. The van der Waals surface area contributed by atoms with E-state index >= 15 is 0 Å². The highest BCUT2D eigenvalue weighted by atomic mass is 32.2. The van der Waals surface area contributed by atoms with Gasteiger partial charge in [-0.2, -0.15) is 0 Å². The molecular weight excluding hydrogens is 580 g/mol. The summed E-state index contributed by atoms with van der Waals surface area (Å²) in [7, 11) is -1.02. The lowest BCUT2D eigenvalue weighted by Gasteiger charge is -2.15. The number of rotatable bonds is 21. The third-order valence-corrected chi connectivity index (χ3v) is 8.12. The Morgan fingerprint density at radius 1 is 0.773 bits per heavy atom. The van der Waals surface area contributed by atoms with Crippen molar-refractivity contribution in [2.24, 2.45) is 0 Å². The van der Waals surface area contributed by atoms with Crippen LogP contribution in [0.2, 0.25) is 0 Å². The lowest BCUT2D eigenvalue weighted by Crippen LogP contribution is -2.07. The maximum atomic E-state index is 11.8. The lowest BCUT2D eigenvalue weighted by molar-refractivity contribution is -0.138. The van der Waals surface area contributed by atoms with Gasteiger partial charge in [0.25, 0.3) is 0 Å². The van der Waals surface area contributed by atoms with Crippen molar-refractivity contribution in [1.29, 1.82) is 0 Å². The molecule has 0 bridgehead atoms. The zero-order chi connectivity index (χ0) is 31.7. The van der Waals surface area contributed by atoms with Crippen molar-refractivity contribution in [2.45, 2.75) is 76.2 Å². The van der Waals surface area contributed by atoms with Crippen LogP contribution in [0.3, 0.4) is 0 Å². The SMILES string of the molecule is CCOCc1cc(OCCCCCCc2cccc(OCCCC(=O)O)c2CCC(=O)O)cc(-c2ccc(S(C)=O)cc2)c1. The van der Waals surface area contributed by atoms with Gasteiger partial charge >= 0.3 is 11.9 Å². The Bertz CT molecular complexity index is 1370. The number of hydrogen-bond acceptors (Lipinski definition) is 6. The third-order valence-electron chi connectivity index (χ3n) is 7.18. The zero-order valence-corrected chi connectivity index (χ0v) is 26.5. The number of benzene rings is 3. The Kier molecular flexibility index (Phi) is 14.9. The van der Waals surface area contributed by atoms with Crippen LogP contribution in [0.15, 0.2) is 65.6 Å². The number of aliphatic carboxylic acids is 2. The largest absolute Gasteiger partial charge is 0.494 e. The number of aryl methyl sites for hydroxylation is 1. The molecule has 0 saturated heterocycles. The summed E-state index contributed by atoms with van der Waals surface area (Å²) in [6.07, 6.45) is 7.16. The van der Waals surface area contributed by atoms with Crippen molar-refractivity contribution in [1.82, 2.24) is 0 Å². The molecule has 0 aliphatic rings. The summed E-state index contributed by atoms with van der Waals surface area (Å²) < 4.78 is 29.4. The molecular formula is C35H44O8S. The number of hydrogen-bond donors (Lipinski definition) is 2. The quantitative estimate of drug-likeness (QED) is 0.121. The standard InChI is InChI=1S/C35H44O8S/c1-3-41-25-26-22-29(27-14-16-31(17-15-27)44(2)40)24-30(23-26)42-20-7-5-4-6-10-28-11-8-12-33(32(28)18-19-35(38)39)43-21-9-13-34(36)37/h8,11-12,14-17,22-24H,3-7,9-10,13,18-21,25H2,1-2H3,(H,36,37)(H,38,39). The first-order valence-electron chi connectivity index (χ1n) is 15.2. The van der Waals surface area contributed by atoms with Crippen LogP contribution in [0, 0.1) is 0 Å². The average molecular weight is 625 g/mol. The summed E-state index contributed by atoms with van der Waals surface area (Å²) in [5, 5.41) is 18.1. The van der Waals surface area contributed by atoms with Crippen LogP contribution < -0.4 is 9.47 Å². The Morgan fingerprint density at radius 3 is 2.20 bits per heavy atom. The van der Waals surface area contributed by atoms with E-state index in [2.05, 4.69) is 6.07 Å². The average Bonchev–Trinajstić information content (AvgIpc) is 3.00. The fourth-order valence-corrected chi connectivity index (χ4v) is 5.44. The van der Waals surface area contributed by atoms with Crippen molar-refractivity contribution < 1.29 is 38.2 Å². The summed E-state index contributed by atoms with van der Waals surface area (Å²) in [5.41, 5.74) is 5.07. The van der Waals surface area contributed by atoms with Crippen LogP contribution in [0.25, 0.3) is 11.1 Å². The highest BCUT2D eigenvalue weighted by Gasteiger charge is 2.12. The Balaban J connectivity index is 1.52. The molecule has 3 rings (SSSR count). The molecule has 0 spiro atoms. The van der Waals surface area contributed by atoms with Gasteiger partial charge in [-0.05, 0) is 103 Å². The van der Waals surface area contributed by atoms with Crippen molar-refractivity contribution in [2.75, 3.05) is 26.1 Å². The van der Waals surface area contributed by atoms with E-state index in [0.717, 1.165) is 70.6 Å². The van der Waals surface area contributed by atoms with Crippen molar-refractivity contribution in [3.05, 3.63) is 77.4 Å². The maximum Gasteiger partial charge on any atom is 0.303 e. The van der Waals surface area contributed by atoms with Crippen LogP contribution in [-0.2, 0) is 44.6 Å². The molecule has 0 aliphatic heterocycles. The Hall–Kier alpha value is -3.69. The molecule has 0 fully saturated rings. The Labute approximate surface area is 262 Å². The van der Waals surface area contributed by atoms with Gasteiger partial charge in [-0.3, -0.25) is 13.8 Å². The zero-order valence-electron chi connectivity index (χ0n) is 25.7. The predicted octanol–water partition coefficient (Wildman–Crippen LogP) is 7.07. The maximum absolute atomic E-state index is 11.8. The number of carboxylic acids is 2. The molecule has 1 unspecified atom stereocenters. The third kappa shape index (κ3) is 12.1. The van der Waals surface area contributed by atoms with Gasteiger partial charge in [0, 0.05) is 41.4 Å². The molecule has 3 aromatic carbocycles. The van der Waals surface area contributed by atoms with E-state index in [-0.39, 0.29) is 19.4 Å². The number of ether oxygens (including phenoxy) is 3. The smallest absolute Gasteiger partial charge is 0.303 e. The van der Waals surface area contributed by atoms with Gasteiger partial charge in [0.1, 0.15) is 11.5 Å². The molecule has 0 heterocycles. The highest BCUT2D eigenvalue weighted by molar-refractivity contribution is 7.84. The second kappa shape index (κ2) is 18.9. The molecule has 1 atom stereocenters. The van der Waals surface area contributed by atoms with Crippen LogP contribution in [0.4, 0.5) is 0 Å². The van der Waals surface area contributed by atoms with Gasteiger partial charge in [-0.15, -0.1) is 0 Å². The molecule has 0 aromatic heterocycles. The van der Waals surface area contributed by atoms with Crippen molar-refractivity contribution >= 4 is 22.7 Å². The van der Waals surface area contributed by atoms with Crippen LogP contribution in [-0.4, -0.2) is 52.4 Å². The van der Waals surface area contributed by atoms with E-state index in [9.17, 15) is 18.9 Å². The first-order chi connectivity index (χ1) is 21.3. The van der Waals surface area contributed by atoms with E-state index < -0.39 is 22.7 Å². The van der Waals surface area contributed by atoms with Gasteiger partial charge in [-0.1, -0.05) is 37.1 Å². The molecule has 0 aliphatic carbocycles. The van der Waals surface area contributed by atoms with E-state index in [4.69, 9.17) is 19.3 Å². The summed E-state index contributed by atoms with van der Waals surface area (Å²) in [4.78, 5) is 22.8.